The number of benzene rings is 1. The molecule has 3 amide bonds. The van der Waals surface area contributed by atoms with Crippen LogP contribution in [0.4, 0.5) is 5.69 Å². The number of rotatable bonds is 5. The van der Waals surface area contributed by atoms with E-state index >= 15 is 0 Å². The number of aryl methyl sites for hydroxylation is 1. The Morgan fingerprint density at radius 2 is 1.81 bits per heavy atom. The summed E-state index contributed by atoms with van der Waals surface area (Å²) in [6, 6.07) is 4.66. The van der Waals surface area contributed by atoms with Crippen molar-refractivity contribution in [1.82, 2.24) is 9.88 Å². The first-order valence-corrected chi connectivity index (χ1v) is 11.9. The third-order valence-corrected chi connectivity index (χ3v) is 6.65. The number of likely N-dealkylation sites (tertiary alicyclic amines) is 1. The van der Waals surface area contributed by atoms with E-state index in [0.717, 1.165) is 10.5 Å². The van der Waals surface area contributed by atoms with E-state index < -0.39 is 41.3 Å². The number of anilines is 1. The minimum absolute atomic E-state index is 0.114. The first kappa shape index (κ1) is 25.6. The van der Waals surface area contributed by atoms with Crippen LogP contribution in [-0.2, 0) is 35.9 Å². The molecular formula is C26H28ClN3O6. The van der Waals surface area contributed by atoms with E-state index in [1.165, 1.54) is 18.1 Å². The number of fused-ring (bicyclic) bond motifs is 2. The molecule has 190 valence electrons. The Hall–Kier alpha value is -3.46. The Morgan fingerprint density at radius 3 is 2.44 bits per heavy atom. The van der Waals surface area contributed by atoms with Crippen LogP contribution >= 0.6 is 11.6 Å². The van der Waals surface area contributed by atoms with E-state index in [0.29, 0.717) is 33.3 Å². The first-order chi connectivity index (χ1) is 16.8. The van der Waals surface area contributed by atoms with Crippen molar-refractivity contribution >= 4 is 41.0 Å². The van der Waals surface area contributed by atoms with Crippen molar-refractivity contribution in [2.24, 2.45) is 0 Å². The van der Waals surface area contributed by atoms with Crippen molar-refractivity contribution in [1.29, 1.82) is 0 Å². The molecule has 0 N–H and O–H groups in total. The van der Waals surface area contributed by atoms with Gasteiger partial charge in [0.05, 0.1) is 25.8 Å². The van der Waals surface area contributed by atoms with E-state index in [1.54, 1.807) is 46.0 Å². The van der Waals surface area contributed by atoms with E-state index in [-0.39, 0.29) is 13.0 Å². The highest BCUT2D eigenvalue weighted by atomic mass is 35.5. The summed E-state index contributed by atoms with van der Waals surface area (Å²) in [5.41, 5.74) is 0.102. The molecule has 0 aliphatic carbocycles. The summed E-state index contributed by atoms with van der Waals surface area (Å²) in [6.07, 6.45) is 1.24. The SMILES string of the molecule is COc1c(C)cnc(CN2C(=O)CC3(C2=O)C(=O)N(CC(=O)OC(C)(C)C)c2ccc(Cl)cc23)c1C. The van der Waals surface area contributed by atoms with Crippen molar-refractivity contribution in [2.75, 3.05) is 18.6 Å². The lowest BCUT2D eigenvalue weighted by Crippen LogP contribution is -2.48. The fraction of sp³-hybridized carbons (Fsp3) is 0.423. The lowest BCUT2D eigenvalue weighted by atomic mass is 9.80. The monoisotopic (exact) mass is 513 g/mol. The number of methoxy groups -OCH3 is 1. The number of halogens is 1. The van der Waals surface area contributed by atoms with Crippen molar-refractivity contribution in [3.05, 3.63) is 51.8 Å². The molecule has 1 unspecified atom stereocenters. The molecule has 36 heavy (non-hydrogen) atoms. The zero-order valence-electron chi connectivity index (χ0n) is 21.1. The normalized spacial score (nSPS) is 19.4. The van der Waals surface area contributed by atoms with Crippen LogP contribution < -0.4 is 9.64 Å². The number of aromatic nitrogens is 1. The van der Waals surface area contributed by atoms with E-state index in [2.05, 4.69) is 4.98 Å². The van der Waals surface area contributed by atoms with Crippen LogP contribution in [0.3, 0.4) is 0 Å². The van der Waals surface area contributed by atoms with Crippen LogP contribution in [0.15, 0.2) is 24.4 Å². The average molecular weight is 514 g/mol. The average Bonchev–Trinajstić information content (AvgIpc) is 3.15. The number of nitrogens with zero attached hydrogens (tertiary/aromatic N) is 3. The van der Waals surface area contributed by atoms with Gasteiger partial charge in [-0.15, -0.1) is 0 Å². The topological polar surface area (TPSA) is 106 Å². The molecular weight excluding hydrogens is 486 g/mol. The van der Waals surface area contributed by atoms with Crippen LogP contribution in [0.25, 0.3) is 0 Å². The molecule has 4 rings (SSSR count). The summed E-state index contributed by atoms with van der Waals surface area (Å²) in [6.45, 7) is 8.30. The van der Waals surface area contributed by atoms with Gasteiger partial charge in [0.15, 0.2) is 5.41 Å². The molecule has 0 bridgehead atoms. The van der Waals surface area contributed by atoms with Gasteiger partial charge in [0.25, 0.3) is 0 Å². The van der Waals surface area contributed by atoms with Crippen LogP contribution in [0.5, 0.6) is 5.75 Å². The highest BCUT2D eigenvalue weighted by molar-refractivity contribution is 6.32. The smallest absolute Gasteiger partial charge is 0.326 e. The van der Waals surface area contributed by atoms with Crippen LogP contribution in [0.1, 0.15) is 49.6 Å². The molecule has 1 spiro atoms. The molecule has 1 saturated heterocycles. The van der Waals surface area contributed by atoms with Gasteiger partial charge in [-0.1, -0.05) is 11.6 Å². The van der Waals surface area contributed by atoms with Gasteiger partial charge in [0.1, 0.15) is 17.9 Å². The number of hydrogen-bond donors (Lipinski definition) is 0. The predicted molar refractivity (Wildman–Crippen MR) is 132 cm³/mol. The van der Waals surface area contributed by atoms with Gasteiger partial charge in [-0.2, -0.15) is 0 Å². The summed E-state index contributed by atoms with van der Waals surface area (Å²) in [7, 11) is 1.54. The zero-order chi connectivity index (χ0) is 26.6. The first-order valence-electron chi connectivity index (χ1n) is 11.5. The van der Waals surface area contributed by atoms with Crippen molar-refractivity contribution in [2.45, 2.75) is 58.6 Å². The number of carbonyl (C=O) groups is 4. The summed E-state index contributed by atoms with van der Waals surface area (Å²) in [4.78, 5) is 60.1. The maximum Gasteiger partial charge on any atom is 0.326 e. The van der Waals surface area contributed by atoms with Gasteiger partial charge in [-0.25, -0.2) is 0 Å². The lowest BCUT2D eigenvalue weighted by Gasteiger charge is -2.24. The number of imide groups is 1. The number of ether oxygens (including phenoxy) is 2. The van der Waals surface area contributed by atoms with Gasteiger partial charge in [0.2, 0.25) is 17.7 Å². The summed E-state index contributed by atoms with van der Waals surface area (Å²) < 4.78 is 10.8. The third-order valence-electron chi connectivity index (χ3n) is 6.41. The number of pyridine rings is 1. The Morgan fingerprint density at radius 1 is 1.14 bits per heavy atom. The van der Waals surface area contributed by atoms with Crippen LogP contribution in [0, 0.1) is 13.8 Å². The molecule has 2 aliphatic rings. The fourth-order valence-electron chi connectivity index (χ4n) is 4.86. The lowest BCUT2D eigenvalue weighted by molar-refractivity contribution is -0.154. The highest BCUT2D eigenvalue weighted by Crippen LogP contribution is 2.49. The Balaban J connectivity index is 1.72. The van der Waals surface area contributed by atoms with Crippen molar-refractivity contribution < 1.29 is 28.7 Å². The van der Waals surface area contributed by atoms with E-state index in [1.807, 2.05) is 6.92 Å². The minimum atomic E-state index is -1.80. The number of carbonyl (C=O) groups excluding carboxylic acids is 4. The fourth-order valence-corrected chi connectivity index (χ4v) is 5.03. The molecule has 9 nitrogen and oxygen atoms in total. The third kappa shape index (κ3) is 4.11. The Kier molecular flexibility index (Phi) is 6.33. The number of hydrogen-bond acceptors (Lipinski definition) is 7. The highest BCUT2D eigenvalue weighted by Gasteiger charge is 2.64. The van der Waals surface area contributed by atoms with Gasteiger partial charge >= 0.3 is 5.97 Å². The summed E-state index contributed by atoms with van der Waals surface area (Å²) in [5.74, 6) is -1.86. The molecule has 0 radical (unpaired) electrons. The standard InChI is InChI=1S/C26H28ClN3O6/c1-14-11-28-18(15(2)22(14)35-6)12-30-20(31)10-26(24(30)34)17-9-16(27)7-8-19(17)29(23(26)33)13-21(32)36-25(3,4)5/h7-9,11H,10,12-13H2,1-6H3. The molecule has 1 aromatic heterocycles. The maximum atomic E-state index is 13.9. The van der Waals surface area contributed by atoms with Crippen LogP contribution in [-0.4, -0.2) is 52.8 Å². The van der Waals surface area contributed by atoms with Crippen molar-refractivity contribution in [3.8, 4) is 5.75 Å². The largest absolute Gasteiger partial charge is 0.496 e. The molecule has 1 fully saturated rings. The van der Waals surface area contributed by atoms with Crippen LogP contribution in [0.2, 0.25) is 5.02 Å². The Labute approximate surface area is 214 Å². The minimum Gasteiger partial charge on any atom is -0.496 e. The van der Waals surface area contributed by atoms with Crippen molar-refractivity contribution in [3.63, 3.8) is 0 Å². The number of esters is 1. The molecule has 0 saturated carbocycles. The second-order valence-corrected chi connectivity index (χ2v) is 10.5. The Bertz CT molecular complexity index is 1300. The second kappa shape index (κ2) is 8.89. The maximum absolute atomic E-state index is 13.9. The van der Waals surface area contributed by atoms with Gasteiger partial charge < -0.3 is 9.47 Å². The second-order valence-electron chi connectivity index (χ2n) is 10.1. The summed E-state index contributed by atoms with van der Waals surface area (Å²) >= 11 is 6.24. The molecule has 2 aromatic rings. The number of amides is 3. The van der Waals surface area contributed by atoms with Gasteiger partial charge in [-0.05, 0) is 52.8 Å². The van der Waals surface area contributed by atoms with E-state index in [4.69, 9.17) is 21.1 Å². The molecule has 1 aromatic carbocycles. The zero-order valence-corrected chi connectivity index (χ0v) is 21.9. The summed E-state index contributed by atoms with van der Waals surface area (Å²) in [5, 5.41) is 0.305. The molecule has 3 heterocycles. The van der Waals surface area contributed by atoms with Gasteiger partial charge in [-0.3, -0.25) is 34.0 Å². The van der Waals surface area contributed by atoms with Gasteiger partial charge in [0, 0.05) is 33.6 Å². The molecule has 1 atom stereocenters. The molecule has 10 heteroatoms. The molecule has 2 aliphatic heterocycles. The quantitative estimate of drug-likeness (QED) is 0.343. The predicted octanol–water partition coefficient (Wildman–Crippen LogP) is 3.25. The van der Waals surface area contributed by atoms with E-state index in [9.17, 15) is 19.2 Å².